The van der Waals surface area contributed by atoms with Gasteiger partial charge >= 0.3 is 17.9 Å². The van der Waals surface area contributed by atoms with Crippen molar-refractivity contribution < 1.29 is 81.6 Å². The Balaban J connectivity index is 0.000000233. The van der Waals surface area contributed by atoms with Gasteiger partial charge in [-0.15, -0.1) is 0 Å². The summed E-state index contributed by atoms with van der Waals surface area (Å²) in [6.07, 6.45) is 6.74. The van der Waals surface area contributed by atoms with Gasteiger partial charge in [0.2, 0.25) is 0 Å². The number of aliphatic hydroxyl groups is 2. The van der Waals surface area contributed by atoms with Crippen LogP contribution in [0.5, 0.6) is 23.0 Å². The molecule has 0 radical (unpaired) electrons. The van der Waals surface area contributed by atoms with Gasteiger partial charge in [0.15, 0.2) is 5.75 Å². The quantitative estimate of drug-likeness (QED) is 0.0111. The Morgan fingerprint density at radius 2 is 1.42 bits per heavy atom. The number of carbonyl (C=O) groups excluding carboxylic acids is 5. The van der Waals surface area contributed by atoms with Crippen LogP contribution in [0.3, 0.4) is 0 Å². The number of hydrogen-bond donors (Lipinski definition) is 9. The number of alkyl halides is 3. The monoisotopic (exact) mass is 1480 g/mol. The molecular formula is C78H93F3N12O14. The molecule has 2 fully saturated rings. The molecule has 4 aromatic carbocycles. The molecule has 5 bridgehead atoms. The lowest BCUT2D eigenvalue weighted by molar-refractivity contribution is -0.160. The van der Waals surface area contributed by atoms with Crippen LogP contribution in [0.4, 0.5) is 24.5 Å². The number of benzene rings is 4. The van der Waals surface area contributed by atoms with E-state index in [4.69, 9.17) is 24.8 Å². The molecule has 12 rings (SSSR count). The molecule has 3 aromatic heterocycles. The standard InChI is InChI=1S/C43H58N4O12.C29H28F3N5O.C6H7N3O/c1-21-12-11-13-22(2)42(55)45-33-28(20-44-47-17-15-46(9)16-18-47)37(52)30-31(38(33)53)36(51)26(6)40-32(30)41(54)43(8,59-40)57-19-14-29(56-10)23(3)39(58-27(7)48)25(5)35(50)24(4)34(21)49;1-21-24(20-35-14-16-36(17-15-35)26-9-5-8-25(19-26)29(30,31)32)18-27(22-6-3-2-4-7-22)37(21)34-28(38)23-10-12-33-13-11-23;7-9-6(10)5-1-3-8-4-2-5/h11-14,19-21,23-25,29,34-35,39,49-53H,15-18H2,1-10H3,(H,45,55);2-13,18-19H,14-17,20H2,1H3,(H,34,38);1-4H,7H2,(H,9,10)/b12-11+,19-14+,22-13-,44-20-;;/t21-,23+,24+,25+,29-,34-,35+,39+,43-;;/m0../s1. The number of esters is 1. The number of nitrogens with zero attached hydrogens (tertiary/aromatic N) is 8. The first-order valence-electron chi connectivity index (χ1n) is 35.0. The van der Waals surface area contributed by atoms with E-state index in [2.05, 4.69) is 41.7 Å². The Morgan fingerprint density at radius 3 is 2.03 bits per heavy atom. The summed E-state index contributed by atoms with van der Waals surface area (Å²) in [6.45, 7) is 20.4. The van der Waals surface area contributed by atoms with E-state index >= 15 is 0 Å². The van der Waals surface area contributed by atoms with Gasteiger partial charge in [-0.3, -0.25) is 59.4 Å². The number of phenolic OH excluding ortho intramolecular Hbond substituents is 3. The molecule has 7 aromatic rings. The highest BCUT2D eigenvalue weighted by atomic mass is 19.4. The van der Waals surface area contributed by atoms with E-state index in [1.54, 1.807) is 87.6 Å². The van der Waals surface area contributed by atoms with Gasteiger partial charge in [0, 0.05) is 173 Å². The summed E-state index contributed by atoms with van der Waals surface area (Å²) >= 11 is 0. The number of nitrogens with two attached hydrogens (primary N) is 1. The summed E-state index contributed by atoms with van der Waals surface area (Å²) in [5.41, 5.74) is 9.53. The zero-order valence-corrected chi connectivity index (χ0v) is 61.5. The number of ether oxygens (including phenoxy) is 4. The van der Waals surface area contributed by atoms with Crippen LogP contribution in [0.1, 0.15) is 107 Å². The van der Waals surface area contributed by atoms with E-state index in [0.717, 1.165) is 41.7 Å². The lowest BCUT2D eigenvalue weighted by atomic mass is 9.78. The van der Waals surface area contributed by atoms with Crippen LogP contribution in [-0.2, 0) is 36.5 Å². The number of rotatable bonds is 11. The summed E-state index contributed by atoms with van der Waals surface area (Å²) in [6, 6.07) is 24.0. The van der Waals surface area contributed by atoms with Gasteiger partial charge in [0.1, 0.15) is 23.4 Å². The number of fused-ring (bicyclic) bond motifs is 14. The third kappa shape index (κ3) is 18.8. The highest BCUT2D eigenvalue weighted by molar-refractivity contribution is 6.24. The molecule has 9 atom stereocenters. The van der Waals surface area contributed by atoms with Crippen LogP contribution in [0.2, 0.25) is 0 Å². The number of pyridine rings is 2. The Bertz CT molecular complexity index is 4450. The molecule has 29 heteroatoms. The number of piperazine rings is 2. The number of ketones is 1. The van der Waals surface area contributed by atoms with Crippen LogP contribution in [0.25, 0.3) is 22.0 Å². The van der Waals surface area contributed by atoms with Gasteiger partial charge in [0.05, 0.1) is 64.2 Å². The van der Waals surface area contributed by atoms with Crippen LogP contribution >= 0.6 is 0 Å². The molecule has 0 saturated carbocycles. The highest BCUT2D eigenvalue weighted by Crippen LogP contribution is 2.55. The van der Waals surface area contributed by atoms with Gasteiger partial charge in [0.25, 0.3) is 23.5 Å². The van der Waals surface area contributed by atoms with Crippen molar-refractivity contribution in [2.45, 2.75) is 105 Å². The average Bonchev–Trinajstić information content (AvgIpc) is 1.61. The van der Waals surface area contributed by atoms with E-state index in [9.17, 15) is 62.7 Å². The lowest BCUT2D eigenvalue weighted by Gasteiger charge is -2.38. The number of hydrazone groups is 1. The number of aromatic nitrogens is 3. The minimum Gasteiger partial charge on any atom is -0.507 e. The van der Waals surface area contributed by atoms with Crippen LogP contribution in [0, 0.1) is 37.5 Å². The van der Waals surface area contributed by atoms with Crippen molar-refractivity contribution in [3.63, 3.8) is 0 Å². The number of allylic oxidation sites excluding steroid dienone is 2. The summed E-state index contributed by atoms with van der Waals surface area (Å²) in [5, 5.41) is 66.8. The molecule has 2 saturated heterocycles. The molecule has 0 unspecified atom stereocenters. The SMILES string of the molecule is CO[C@H]1/C=C/O[C@@]2(C)Oc3c(C)c(O)c4c(O)c(c(/C=N\N5CCN(C)CC5)c(O)c4c3C2=O)NC(=O)/C(C)=C\C=C\[C@H](C)[C@H](O)[C@@H](C)[C@@H](O)[C@@H](C)[C@H](OC(C)=O)[C@@H]1C.Cc1c(CN2CCN(c3cccc(C(F)(F)F)c3)CC2)cc(-c2ccccc2)n1NC(=O)c1ccncc1.NNC(=O)c1ccncc1. The number of nitrogen functional groups attached to an aromatic ring is 1. The maximum absolute atomic E-state index is 14.4. The van der Waals surface area contributed by atoms with Gasteiger partial charge in [-0.25, -0.2) is 5.84 Å². The number of amides is 3. The Labute approximate surface area is 618 Å². The molecule has 0 aliphatic carbocycles. The number of likely N-dealkylation sites (N-methyl/N-ethyl adjacent to an activating group) is 1. The first kappa shape index (κ1) is 80.4. The topological polar surface area (TPSA) is 342 Å². The van der Waals surface area contributed by atoms with Gasteiger partial charge in [-0.2, -0.15) is 18.3 Å². The second kappa shape index (κ2) is 35.1. The Hall–Kier alpha value is -10.7. The second-order valence-corrected chi connectivity index (χ2v) is 27.2. The predicted octanol–water partition coefficient (Wildman–Crippen LogP) is 9.60. The smallest absolute Gasteiger partial charge is 0.416 e. The number of hydrogen-bond acceptors (Lipinski definition) is 22. The van der Waals surface area contributed by atoms with E-state index in [0.29, 0.717) is 62.6 Å². The normalized spacial score (nSPS) is 23.7. The zero-order chi connectivity index (χ0) is 77.8. The number of aliphatic hydroxyl groups excluding tert-OH is 2. The maximum Gasteiger partial charge on any atom is 0.416 e. The second-order valence-electron chi connectivity index (χ2n) is 27.2. The summed E-state index contributed by atoms with van der Waals surface area (Å²) in [4.78, 5) is 78.3. The average molecular weight is 1480 g/mol. The lowest BCUT2D eigenvalue weighted by Crippen LogP contribution is -2.46. The molecule has 10 N–H and O–H groups in total. The van der Waals surface area contributed by atoms with E-state index in [1.807, 2.05) is 59.3 Å². The first-order valence-corrected chi connectivity index (χ1v) is 35.0. The number of carbonyl (C=O) groups is 5. The maximum atomic E-state index is 14.4. The van der Waals surface area contributed by atoms with Gasteiger partial charge in [-0.05, 0) is 88.0 Å². The van der Waals surface area contributed by atoms with E-state index < -0.39 is 101 Å². The molecular weight excluding hydrogens is 1390 g/mol. The number of Topliss-reactive ketones (excluding diaryl/α,β-unsaturated/α-hetero) is 1. The van der Waals surface area contributed by atoms with Crippen LogP contribution in [0.15, 0.2) is 151 Å². The summed E-state index contributed by atoms with van der Waals surface area (Å²) in [5.74, 6) is -3.99. The third-order valence-corrected chi connectivity index (χ3v) is 19.8. The van der Waals surface area contributed by atoms with Gasteiger partial charge in [-0.1, -0.05) is 82.3 Å². The van der Waals surface area contributed by atoms with Gasteiger partial charge < -0.3 is 59.6 Å². The van der Waals surface area contributed by atoms with Crippen LogP contribution in [-0.4, -0.2) is 187 Å². The van der Waals surface area contributed by atoms with Crippen molar-refractivity contribution in [3.05, 3.63) is 190 Å². The fraction of sp³-hybridized carbons (Fsp3) is 0.385. The number of aromatic hydroxyl groups is 3. The molecule has 107 heavy (non-hydrogen) atoms. The number of nitrogens with one attached hydrogen (secondary N) is 3. The van der Waals surface area contributed by atoms with E-state index in [-0.39, 0.29) is 56.3 Å². The van der Waals surface area contributed by atoms with Crippen molar-refractivity contribution in [2.24, 2.45) is 34.6 Å². The summed E-state index contributed by atoms with van der Waals surface area (Å²) < 4.78 is 64.9. The fourth-order valence-corrected chi connectivity index (χ4v) is 13.2. The minimum absolute atomic E-state index is 0.0559. The molecule has 3 amide bonds. The number of anilines is 2. The number of methoxy groups -OCH3 is 1. The third-order valence-electron chi connectivity index (χ3n) is 19.8. The van der Waals surface area contributed by atoms with Crippen LogP contribution < -0.4 is 31.6 Å². The number of halogens is 3. The molecule has 5 aliphatic rings. The largest absolute Gasteiger partial charge is 0.507 e. The number of phenols is 3. The van der Waals surface area contributed by atoms with Crippen molar-refractivity contribution >= 4 is 57.8 Å². The zero-order valence-electron chi connectivity index (χ0n) is 61.5. The first-order chi connectivity index (χ1) is 50.9. The fourth-order valence-electron chi connectivity index (χ4n) is 13.2. The molecule has 8 heterocycles. The van der Waals surface area contributed by atoms with Crippen molar-refractivity contribution in [1.29, 1.82) is 0 Å². The predicted molar refractivity (Wildman–Crippen MR) is 398 cm³/mol. The molecule has 570 valence electrons. The van der Waals surface area contributed by atoms with E-state index in [1.165, 1.54) is 84.0 Å². The summed E-state index contributed by atoms with van der Waals surface area (Å²) in [7, 11) is 3.42. The van der Waals surface area contributed by atoms with Crippen molar-refractivity contribution in [3.8, 4) is 34.3 Å². The van der Waals surface area contributed by atoms with Crippen molar-refractivity contribution in [2.75, 3.05) is 82.2 Å². The molecule has 0 spiro atoms. The van der Waals surface area contributed by atoms with Crippen molar-refractivity contribution in [1.82, 2.24) is 34.9 Å². The molecule has 26 nitrogen and oxygen atoms in total. The Kier molecular flexibility index (Phi) is 26.4. The Morgan fingerprint density at radius 1 is 0.785 bits per heavy atom. The number of hydrazine groups is 1. The molecule has 5 aliphatic heterocycles. The highest BCUT2D eigenvalue weighted by Gasteiger charge is 2.50. The minimum atomic E-state index is -4.36.